The van der Waals surface area contributed by atoms with E-state index >= 15 is 0 Å². The van der Waals surface area contributed by atoms with Crippen LogP contribution in [0.3, 0.4) is 0 Å². The van der Waals surface area contributed by atoms with Crippen molar-refractivity contribution in [1.29, 1.82) is 0 Å². The summed E-state index contributed by atoms with van der Waals surface area (Å²) in [6.07, 6.45) is 2.25. The lowest BCUT2D eigenvalue weighted by Crippen LogP contribution is -2.18. The van der Waals surface area contributed by atoms with Crippen LogP contribution in [0, 0.1) is 6.92 Å². The summed E-state index contributed by atoms with van der Waals surface area (Å²) in [5.41, 5.74) is 2.57. The molecule has 0 bridgehead atoms. The molecule has 1 N–H and O–H groups in total. The van der Waals surface area contributed by atoms with Gasteiger partial charge in [-0.1, -0.05) is 32.9 Å². The minimum atomic E-state index is 0.513. The molecule has 102 valence electrons. The van der Waals surface area contributed by atoms with Crippen molar-refractivity contribution in [2.75, 3.05) is 19.7 Å². The Bertz CT molecular complexity index is 347. The van der Waals surface area contributed by atoms with Crippen LogP contribution >= 0.6 is 0 Å². The highest BCUT2D eigenvalue weighted by Gasteiger charge is 2.07. The van der Waals surface area contributed by atoms with E-state index in [9.17, 15) is 0 Å². The first kappa shape index (κ1) is 15.0. The number of benzene rings is 1. The average Bonchev–Trinajstić information content (AvgIpc) is 2.33. The van der Waals surface area contributed by atoms with E-state index in [1.54, 1.807) is 0 Å². The molecule has 0 atom stereocenters. The number of hydrogen-bond donors (Lipinski definition) is 1. The van der Waals surface area contributed by atoms with Gasteiger partial charge in [0.15, 0.2) is 0 Å². The molecule has 0 radical (unpaired) electrons. The van der Waals surface area contributed by atoms with Crippen molar-refractivity contribution in [1.82, 2.24) is 5.32 Å². The maximum absolute atomic E-state index is 5.92. The number of nitrogens with one attached hydrogen (secondary N) is 1. The lowest BCUT2D eigenvalue weighted by atomic mass is 10.0. The van der Waals surface area contributed by atoms with E-state index in [1.165, 1.54) is 17.5 Å². The normalized spacial score (nSPS) is 10.9. The zero-order chi connectivity index (χ0) is 13.4. The SMILES string of the molecule is CCCNCCCOc1cc(C)ccc1C(C)C. The summed E-state index contributed by atoms with van der Waals surface area (Å²) in [4.78, 5) is 0. The van der Waals surface area contributed by atoms with E-state index in [-0.39, 0.29) is 0 Å². The Balaban J connectivity index is 2.43. The second-order valence-electron chi connectivity index (χ2n) is 5.15. The lowest BCUT2D eigenvalue weighted by molar-refractivity contribution is 0.304. The summed E-state index contributed by atoms with van der Waals surface area (Å²) in [5.74, 6) is 1.57. The summed E-state index contributed by atoms with van der Waals surface area (Å²) >= 11 is 0. The molecule has 0 amide bonds. The Morgan fingerprint density at radius 3 is 2.67 bits per heavy atom. The fourth-order valence-corrected chi connectivity index (χ4v) is 1.92. The van der Waals surface area contributed by atoms with Crippen LogP contribution in [0.25, 0.3) is 0 Å². The minimum Gasteiger partial charge on any atom is -0.493 e. The van der Waals surface area contributed by atoms with Crippen LogP contribution in [-0.2, 0) is 0 Å². The van der Waals surface area contributed by atoms with E-state index in [0.717, 1.165) is 31.9 Å². The molecule has 0 saturated carbocycles. The Morgan fingerprint density at radius 2 is 2.00 bits per heavy atom. The first-order chi connectivity index (χ1) is 8.65. The monoisotopic (exact) mass is 249 g/mol. The predicted octanol–water partition coefficient (Wildman–Crippen LogP) is 3.89. The smallest absolute Gasteiger partial charge is 0.122 e. The third-order valence-electron chi connectivity index (χ3n) is 2.97. The van der Waals surface area contributed by atoms with E-state index in [1.807, 2.05) is 0 Å². The molecule has 0 saturated heterocycles. The summed E-state index contributed by atoms with van der Waals surface area (Å²) in [5, 5.41) is 3.39. The van der Waals surface area contributed by atoms with E-state index < -0.39 is 0 Å². The molecule has 0 spiro atoms. The molecule has 0 aliphatic heterocycles. The van der Waals surface area contributed by atoms with Crippen molar-refractivity contribution < 1.29 is 4.74 Å². The maximum atomic E-state index is 5.92. The molecule has 2 heteroatoms. The summed E-state index contributed by atoms with van der Waals surface area (Å²) in [6, 6.07) is 6.49. The minimum absolute atomic E-state index is 0.513. The fourth-order valence-electron chi connectivity index (χ4n) is 1.92. The van der Waals surface area contributed by atoms with Gasteiger partial charge in [0, 0.05) is 0 Å². The predicted molar refractivity (Wildman–Crippen MR) is 78.5 cm³/mol. The largest absolute Gasteiger partial charge is 0.493 e. The molecule has 1 rings (SSSR count). The molecule has 0 aromatic heterocycles. The maximum Gasteiger partial charge on any atom is 0.122 e. The third kappa shape index (κ3) is 5.09. The summed E-state index contributed by atoms with van der Waals surface area (Å²) < 4.78 is 5.92. The van der Waals surface area contributed by atoms with Crippen molar-refractivity contribution in [3.63, 3.8) is 0 Å². The lowest BCUT2D eigenvalue weighted by Gasteiger charge is -2.15. The topological polar surface area (TPSA) is 21.3 Å². The van der Waals surface area contributed by atoms with Crippen LogP contribution < -0.4 is 10.1 Å². The van der Waals surface area contributed by atoms with Crippen molar-refractivity contribution in [2.45, 2.75) is 46.5 Å². The molecule has 0 fully saturated rings. The van der Waals surface area contributed by atoms with Crippen molar-refractivity contribution >= 4 is 0 Å². The summed E-state index contributed by atoms with van der Waals surface area (Å²) in [6.45, 7) is 11.6. The zero-order valence-electron chi connectivity index (χ0n) is 12.3. The van der Waals surface area contributed by atoms with Gasteiger partial charge in [-0.05, 0) is 56.0 Å². The van der Waals surface area contributed by atoms with Crippen LogP contribution in [0.15, 0.2) is 18.2 Å². The Labute approximate surface area is 112 Å². The molecule has 0 aliphatic rings. The molecular weight excluding hydrogens is 222 g/mol. The van der Waals surface area contributed by atoms with Gasteiger partial charge in [-0.3, -0.25) is 0 Å². The number of hydrogen-bond acceptors (Lipinski definition) is 2. The highest BCUT2D eigenvalue weighted by atomic mass is 16.5. The number of ether oxygens (including phenoxy) is 1. The van der Waals surface area contributed by atoms with Crippen molar-refractivity contribution in [3.8, 4) is 5.75 Å². The quantitative estimate of drug-likeness (QED) is 0.706. The van der Waals surface area contributed by atoms with E-state index in [2.05, 4.69) is 51.2 Å². The van der Waals surface area contributed by atoms with Crippen LogP contribution in [0.4, 0.5) is 0 Å². The molecular formula is C16H27NO. The van der Waals surface area contributed by atoms with Crippen LogP contribution in [0.1, 0.15) is 50.7 Å². The summed E-state index contributed by atoms with van der Waals surface area (Å²) in [7, 11) is 0. The van der Waals surface area contributed by atoms with Gasteiger partial charge in [0.05, 0.1) is 6.61 Å². The Morgan fingerprint density at radius 1 is 1.22 bits per heavy atom. The van der Waals surface area contributed by atoms with E-state index in [0.29, 0.717) is 5.92 Å². The average molecular weight is 249 g/mol. The van der Waals surface area contributed by atoms with Crippen LogP contribution in [0.5, 0.6) is 5.75 Å². The van der Waals surface area contributed by atoms with Gasteiger partial charge in [-0.25, -0.2) is 0 Å². The van der Waals surface area contributed by atoms with Crippen LogP contribution in [0.2, 0.25) is 0 Å². The van der Waals surface area contributed by atoms with Gasteiger partial charge in [-0.2, -0.15) is 0 Å². The molecule has 2 nitrogen and oxygen atoms in total. The van der Waals surface area contributed by atoms with Crippen LogP contribution in [-0.4, -0.2) is 19.7 Å². The van der Waals surface area contributed by atoms with Gasteiger partial charge in [-0.15, -0.1) is 0 Å². The van der Waals surface area contributed by atoms with Crippen molar-refractivity contribution in [3.05, 3.63) is 29.3 Å². The van der Waals surface area contributed by atoms with Gasteiger partial charge in [0.2, 0.25) is 0 Å². The molecule has 0 heterocycles. The second kappa shape index (κ2) is 8.15. The second-order valence-corrected chi connectivity index (χ2v) is 5.15. The molecule has 0 unspecified atom stereocenters. The Hall–Kier alpha value is -1.02. The van der Waals surface area contributed by atoms with Crippen molar-refractivity contribution in [2.24, 2.45) is 0 Å². The Kier molecular flexibility index (Phi) is 6.81. The highest BCUT2D eigenvalue weighted by Crippen LogP contribution is 2.27. The number of aryl methyl sites for hydroxylation is 1. The first-order valence-corrected chi connectivity index (χ1v) is 7.09. The molecule has 1 aromatic carbocycles. The van der Waals surface area contributed by atoms with Gasteiger partial charge < -0.3 is 10.1 Å². The third-order valence-corrected chi connectivity index (χ3v) is 2.97. The zero-order valence-corrected chi connectivity index (χ0v) is 12.3. The van der Waals surface area contributed by atoms with Gasteiger partial charge >= 0.3 is 0 Å². The fraction of sp³-hybridized carbons (Fsp3) is 0.625. The highest BCUT2D eigenvalue weighted by molar-refractivity contribution is 5.39. The molecule has 18 heavy (non-hydrogen) atoms. The van der Waals surface area contributed by atoms with E-state index in [4.69, 9.17) is 4.74 Å². The van der Waals surface area contributed by atoms with Gasteiger partial charge in [0.1, 0.15) is 5.75 Å². The van der Waals surface area contributed by atoms with Gasteiger partial charge in [0.25, 0.3) is 0 Å². The first-order valence-electron chi connectivity index (χ1n) is 7.09. The molecule has 0 aliphatic carbocycles. The number of rotatable bonds is 8. The standard InChI is InChI=1S/C16H27NO/c1-5-9-17-10-6-11-18-16-12-14(4)7-8-15(16)13(2)3/h7-8,12-13,17H,5-6,9-11H2,1-4H3. The molecule has 1 aromatic rings.